The van der Waals surface area contributed by atoms with Crippen molar-refractivity contribution in [3.63, 3.8) is 0 Å². The molecule has 0 spiro atoms. The maximum Gasteiger partial charge on any atom is 0.472 e. The van der Waals surface area contributed by atoms with Gasteiger partial charge in [-0.3, -0.25) is 18.6 Å². The van der Waals surface area contributed by atoms with Gasteiger partial charge in [-0.1, -0.05) is 205 Å². The quantitative estimate of drug-likeness (QED) is 0.0266. The van der Waals surface area contributed by atoms with E-state index in [9.17, 15) is 19.0 Å². The summed E-state index contributed by atoms with van der Waals surface area (Å²) in [5.74, 6) is -0.826. The van der Waals surface area contributed by atoms with Crippen LogP contribution in [-0.2, 0) is 32.7 Å². The first-order valence-electron chi connectivity index (χ1n) is 24.3. The fourth-order valence-electron chi connectivity index (χ4n) is 6.96. The van der Waals surface area contributed by atoms with Crippen LogP contribution in [0.1, 0.15) is 239 Å². The molecule has 0 saturated carbocycles. The van der Waals surface area contributed by atoms with Gasteiger partial charge < -0.3 is 20.1 Å². The topological polar surface area (TPSA) is 134 Å². The van der Waals surface area contributed by atoms with Gasteiger partial charge in [0.05, 0.1) is 13.2 Å². The van der Waals surface area contributed by atoms with Crippen LogP contribution in [0.2, 0.25) is 0 Å². The molecule has 0 bridgehead atoms. The molecule has 0 heterocycles. The Morgan fingerprint density at radius 1 is 0.517 bits per heavy atom. The van der Waals surface area contributed by atoms with Crippen LogP contribution in [0.3, 0.4) is 0 Å². The number of nitrogens with two attached hydrogens (primary N) is 1. The van der Waals surface area contributed by atoms with Gasteiger partial charge in [-0.15, -0.1) is 0 Å². The minimum atomic E-state index is -4.38. The molecule has 0 aromatic heterocycles. The van der Waals surface area contributed by atoms with Crippen molar-refractivity contribution in [2.45, 2.75) is 245 Å². The molecule has 0 aliphatic heterocycles. The number of phosphoric ester groups is 1. The summed E-state index contributed by atoms with van der Waals surface area (Å²) in [6.45, 7) is 3.74. The van der Waals surface area contributed by atoms with E-state index in [-0.39, 0.29) is 38.6 Å². The average molecular weight is 842 g/mol. The van der Waals surface area contributed by atoms with Crippen LogP contribution >= 0.6 is 7.82 Å². The van der Waals surface area contributed by atoms with Crippen molar-refractivity contribution in [3.8, 4) is 0 Å². The Bertz CT molecular complexity index is 1010. The van der Waals surface area contributed by atoms with Gasteiger partial charge in [0.1, 0.15) is 6.61 Å². The Hall–Kier alpha value is -1.51. The average Bonchev–Trinajstić information content (AvgIpc) is 3.21. The molecule has 0 amide bonds. The van der Waals surface area contributed by atoms with Gasteiger partial charge in [-0.05, 0) is 44.9 Å². The smallest absolute Gasteiger partial charge is 0.462 e. The molecule has 0 aliphatic carbocycles. The second kappa shape index (κ2) is 45.0. The monoisotopic (exact) mass is 842 g/mol. The molecular formula is C48H92NO8P. The Balaban J connectivity index is 4.05. The van der Waals surface area contributed by atoms with Crippen molar-refractivity contribution >= 4 is 19.8 Å². The van der Waals surface area contributed by atoms with Crippen molar-refractivity contribution in [1.82, 2.24) is 0 Å². The maximum atomic E-state index is 12.6. The van der Waals surface area contributed by atoms with E-state index in [1.54, 1.807) is 0 Å². The lowest BCUT2D eigenvalue weighted by Crippen LogP contribution is -2.29. The Labute approximate surface area is 357 Å². The van der Waals surface area contributed by atoms with E-state index in [4.69, 9.17) is 24.3 Å². The van der Waals surface area contributed by atoms with E-state index in [1.807, 2.05) is 0 Å². The van der Waals surface area contributed by atoms with E-state index in [0.29, 0.717) is 6.42 Å². The van der Waals surface area contributed by atoms with Crippen LogP contribution < -0.4 is 5.73 Å². The molecule has 10 heteroatoms. The molecule has 3 N–H and O–H groups in total. The first-order valence-corrected chi connectivity index (χ1v) is 25.8. The first-order chi connectivity index (χ1) is 28.3. The van der Waals surface area contributed by atoms with Gasteiger partial charge in [-0.25, -0.2) is 4.57 Å². The minimum Gasteiger partial charge on any atom is -0.462 e. The lowest BCUT2D eigenvalue weighted by molar-refractivity contribution is -0.161. The zero-order valence-electron chi connectivity index (χ0n) is 37.8. The number of hydrogen-bond acceptors (Lipinski definition) is 8. The van der Waals surface area contributed by atoms with Crippen LogP contribution in [0.15, 0.2) is 24.3 Å². The second-order valence-electron chi connectivity index (χ2n) is 16.3. The molecule has 0 fully saturated rings. The number of rotatable bonds is 46. The highest BCUT2D eigenvalue weighted by Gasteiger charge is 2.26. The normalized spacial score (nSPS) is 13.4. The zero-order chi connectivity index (χ0) is 42.5. The number of allylic oxidation sites excluding steroid dienone is 4. The van der Waals surface area contributed by atoms with Gasteiger partial charge in [-0.2, -0.15) is 0 Å². The summed E-state index contributed by atoms with van der Waals surface area (Å²) in [4.78, 5) is 35.0. The summed E-state index contributed by atoms with van der Waals surface area (Å²) < 4.78 is 32.9. The fraction of sp³-hybridized carbons (Fsp3) is 0.875. The number of ether oxygens (including phenoxy) is 2. The summed E-state index contributed by atoms with van der Waals surface area (Å²) in [6, 6.07) is 0. The van der Waals surface area contributed by atoms with E-state index in [1.165, 1.54) is 154 Å². The van der Waals surface area contributed by atoms with Crippen LogP contribution in [0.25, 0.3) is 0 Å². The highest BCUT2D eigenvalue weighted by atomic mass is 31.2. The van der Waals surface area contributed by atoms with Crippen LogP contribution in [-0.4, -0.2) is 49.3 Å². The standard InChI is InChI=1S/C48H92NO8P/c1-3-5-7-9-11-13-15-17-19-21-22-23-25-26-28-30-32-34-36-38-40-47(50)54-44-46(45-56-58(52,53)55-43-42-49)57-48(51)41-39-37-35-33-31-29-27-24-20-18-16-14-12-10-8-6-4-2/h12,14,18,20,46H,3-11,13,15-17,19,21-45,49H2,1-2H3,(H,52,53)/b14-12+,20-18+/t46-/m1/s1. The molecule has 342 valence electrons. The predicted molar refractivity (Wildman–Crippen MR) is 243 cm³/mol. The van der Waals surface area contributed by atoms with Gasteiger partial charge in [0.15, 0.2) is 6.10 Å². The molecule has 1 unspecified atom stereocenters. The Kier molecular flexibility index (Phi) is 43.9. The van der Waals surface area contributed by atoms with E-state index >= 15 is 0 Å². The number of carbonyl (C=O) groups is 2. The number of hydrogen-bond donors (Lipinski definition) is 2. The minimum absolute atomic E-state index is 0.0537. The molecule has 0 saturated heterocycles. The van der Waals surface area contributed by atoms with Crippen LogP contribution in [0.5, 0.6) is 0 Å². The molecule has 0 aromatic carbocycles. The van der Waals surface area contributed by atoms with Crippen LogP contribution in [0, 0.1) is 0 Å². The number of unbranched alkanes of at least 4 members (excludes halogenated alkanes) is 29. The van der Waals surface area contributed by atoms with Gasteiger partial charge >= 0.3 is 19.8 Å². The largest absolute Gasteiger partial charge is 0.472 e. The molecule has 0 rings (SSSR count). The van der Waals surface area contributed by atoms with Crippen molar-refractivity contribution in [2.75, 3.05) is 26.4 Å². The summed E-state index contributed by atoms with van der Waals surface area (Å²) in [5, 5.41) is 0. The summed E-state index contributed by atoms with van der Waals surface area (Å²) >= 11 is 0. The molecule has 9 nitrogen and oxygen atoms in total. The lowest BCUT2D eigenvalue weighted by atomic mass is 10.0. The van der Waals surface area contributed by atoms with Crippen molar-refractivity contribution in [3.05, 3.63) is 24.3 Å². The Morgan fingerprint density at radius 2 is 0.897 bits per heavy atom. The number of carbonyl (C=O) groups excluding carboxylic acids is 2. The van der Waals surface area contributed by atoms with Crippen molar-refractivity contribution in [2.24, 2.45) is 5.73 Å². The molecule has 58 heavy (non-hydrogen) atoms. The highest BCUT2D eigenvalue weighted by molar-refractivity contribution is 7.47. The van der Waals surface area contributed by atoms with Crippen molar-refractivity contribution < 1.29 is 37.6 Å². The van der Waals surface area contributed by atoms with Crippen molar-refractivity contribution in [1.29, 1.82) is 0 Å². The van der Waals surface area contributed by atoms with E-state index < -0.39 is 26.5 Å². The Morgan fingerprint density at radius 3 is 1.34 bits per heavy atom. The lowest BCUT2D eigenvalue weighted by Gasteiger charge is -2.19. The highest BCUT2D eigenvalue weighted by Crippen LogP contribution is 2.43. The number of phosphoric acid groups is 1. The maximum absolute atomic E-state index is 12.6. The van der Waals surface area contributed by atoms with E-state index in [0.717, 1.165) is 51.4 Å². The SMILES string of the molecule is CCCCC/C=C/C/C=C/CCCCCCCCCC(=O)O[C@H](COC(=O)CCCCCCCCCCCCCCCCCCCCCC)COP(=O)(O)OCCN. The van der Waals surface area contributed by atoms with Crippen LogP contribution in [0.4, 0.5) is 0 Å². The molecular weight excluding hydrogens is 750 g/mol. The summed E-state index contributed by atoms with van der Waals surface area (Å²) in [7, 11) is -4.38. The van der Waals surface area contributed by atoms with Gasteiger partial charge in [0.2, 0.25) is 0 Å². The third-order valence-electron chi connectivity index (χ3n) is 10.6. The summed E-state index contributed by atoms with van der Waals surface area (Å²) in [5.41, 5.74) is 5.36. The summed E-state index contributed by atoms with van der Waals surface area (Å²) in [6.07, 6.45) is 49.2. The molecule has 0 aromatic rings. The van der Waals surface area contributed by atoms with Gasteiger partial charge in [0, 0.05) is 19.4 Å². The molecule has 0 aliphatic rings. The number of esters is 2. The third-order valence-corrected chi connectivity index (χ3v) is 11.6. The molecule has 2 atom stereocenters. The van der Waals surface area contributed by atoms with E-state index in [2.05, 4.69) is 38.2 Å². The fourth-order valence-corrected chi connectivity index (χ4v) is 7.73. The predicted octanol–water partition coefficient (Wildman–Crippen LogP) is 14.3. The molecule has 0 radical (unpaired) electrons. The zero-order valence-corrected chi connectivity index (χ0v) is 38.7. The first kappa shape index (κ1) is 56.5. The second-order valence-corrected chi connectivity index (χ2v) is 17.8. The third kappa shape index (κ3) is 44.1. The van der Waals surface area contributed by atoms with Gasteiger partial charge in [0.25, 0.3) is 0 Å².